The number of aromatic nitrogens is 4. The third-order valence-corrected chi connectivity index (χ3v) is 11.2. The van der Waals surface area contributed by atoms with E-state index in [2.05, 4.69) is 176 Å². The molecule has 2 aromatic heterocycles. The van der Waals surface area contributed by atoms with E-state index in [-0.39, 0.29) is 0 Å². The molecule has 2 aliphatic carbocycles. The van der Waals surface area contributed by atoms with Crippen LogP contribution in [0.1, 0.15) is 33.4 Å². The molecule has 9 aromatic rings. The molecule has 0 amide bonds. The van der Waals surface area contributed by atoms with Crippen LogP contribution in [0.25, 0.3) is 72.8 Å². The molecular weight excluding hydrogens is 633 g/mol. The molecule has 0 saturated heterocycles. The van der Waals surface area contributed by atoms with E-state index in [0.717, 1.165) is 22.2 Å². The Morgan fingerprint density at radius 1 is 0.423 bits per heavy atom. The number of nitrogens with zero attached hydrogens (tertiary/aromatic N) is 4. The fraction of sp³-hybridized carbons (Fsp3) is 0.0625. The van der Waals surface area contributed by atoms with E-state index in [1.165, 1.54) is 66.4 Å². The van der Waals surface area contributed by atoms with Crippen molar-refractivity contribution in [1.82, 2.24) is 19.5 Å². The van der Waals surface area contributed by atoms with E-state index in [1.807, 2.05) is 0 Å². The number of benzene rings is 7. The van der Waals surface area contributed by atoms with Crippen LogP contribution in [0.3, 0.4) is 0 Å². The first kappa shape index (κ1) is 29.1. The highest BCUT2D eigenvalue weighted by Crippen LogP contribution is 2.64. The summed E-state index contributed by atoms with van der Waals surface area (Å²) in [6.45, 7) is 4.20. The predicted octanol–water partition coefficient (Wildman–Crippen LogP) is 11.3. The second-order valence-corrected chi connectivity index (χ2v) is 14.1. The van der Waals surface area contributed by atoms with Gasteiger partial charge in [0.25, 0.3) is 0 Å². The third kappa shape index (κ3) is 3.84. The van der Waals surface area contributed by atoms with Gasteiger partial charge in [-0.25, -0.2) is 4.98 Å². The average Bonchev–Trinajstić information content (AvgIpc) is 3.80. The van der Waals surface area contributed by atoms with Crippen molar-refractivity contribution < 1.29 is 0 Å². The molecule has 0 saturated carbocycles. The van der Waals surface area contributed by atoms with Gasteiger partial charge in [0.1, 0.15) is 0 Å². The Hall–Kier alpha value is -6.65. The highest BCUT2D eigenvalue weighted by atomic mass is 15.2. The van der Waals surface area contributed by atoms with Crippen molar-refractivity contribution in [3.63, 3.8) is 0 Å². The lowest BCUT2D eigenvalue weighted by Gasteiger charge is -2.30. The monoisotopic (exact) mass is 664 g/mol. The zero-order valence-corrected chi connectivity index (χ0v) is 28.8. The molecule has 7 aromatic carbocycles. The normalized spacial score (nSPS) is 13.3. The molecule has 52 heavy (non-hydrogen) atoms. The zero-order chi connectivity index (χ0) is 34.6. The van der Waals surface area contributed by atoms with Gasteiger partial charge in [0.15, 0.2) is 11.6 Å². The van der Waals surface area contributed by atoms with E-state index in [0.29, 0.717) is 17.6 Å². The maximum atomic E-state index is 5.30. The molecule has 0 bridgehead atoms. The number of rotatable bonds is 3. The number of hydrogen-bond donors (Lipinski definition) is 0. The van der Waals surface area contributed by atoms with Crippen LogP contribution in [0.5, 0.6) is 0 Å². The van der Waals surface area contributed by atoms with E-state index in [9.17, 15) is 0 Å². The van der Waals surface area contributed by atoms with E-state index in [4.69, 9.17) is 15.0 Å². The number of hydrogen-bond acceptors (Lipinski definition) is 3. The molecule has 11 rings (SSSR count). The van der Waals surface area contributed by atoms with Gasteiger partial charge in [0.2, 0.25) is 5.95 Å². The first-order valence-corrected chi connectivity index (χ1v) is 17.9. The first-order valence-electron chi connectivity index (χ1n) is 17.9. The van der Waals surface area contributed by atoms with Crippen molar-refractivity contribution in [2.24, 2.45) is 0 Å². The molecule has 0 N–H and O–H groups in total. The molecule has 0 fully saturated rings. The topological polar surface area (TPSA) is 43.6 Å². The Bertz CT molecular complexity index is 2810. The summed E-state index contributed by atoms with van der Waals surface area (Å²) in [5.41, 5.74) is 16.3. The smallest absolute Gasteiger partial charge is 0.238 e. The Kier molecular flexibility index (Phi) is 5.98. The number of aryl methyl sites for hydroxylation is 2. The second kappa shape index (κ2) is 10.7. The maximum Gasteiger partial charge on any atom is 0.238 e. The third-order valence-electron chi connectivity index (χ3n) is 11.2. The second-order valence-electron chi connectivity index (χ2n) is 14.1. The Balaban J connectivity index is 1.29. The molecule has 4 nitrogen and oxygen atoms in total. The SMILES string of the molecule is Cc1ccc(-c2nc(-c3ccc(C)cc3)nc(-n3c4ccccc4c4ccc5c(c43)-c3ccccc3C53c4ccccc4-c4ccccc43)n2)cc1. The quantitative estimate of drug-likeness (QED) is 0.189. The average molecular weight is 665 g/mol. The Morgan fingerprint density at radius 2 is 0.923 bits per heavy atom. The summed E-state index contributed by atoms with van der Waals surface area (Å²) >= 11 is 0. The fourth-order valence-electron chi connectivity index (χ4n) is 8.97. The van der Waals surface area contributed by atoms with E-state index < -0.39 is 5.41 Å². The van der Waals surface area contributed by atoms with Crippen molar-refractivity contribution in [2.45, 2.75) is 19.3 Å². The van der Waals surface area contributed by atoms with Gasteiger partial charge in [-0.15, -0.1) is 0 Å². The number of fused-ring (bicyclic) bond motifs is 14. The van der Waals surface area contributed by atoms with Crippen LogP contribution in [0.4, 0.5) is 0 Å². The molecule has 2 aliphatic rings. The van der Waals surface area contributed by atoms with Crippen LogP contribution >= 0.6 is 0 Å². The van der Waals surface area contributed by atoms with Gasteiger partial charge in [0.05, 0.1) is 16.4 Å². The minimum atomic E-state index is -0.451. The van der Waals surface area contributed by atoms with Crippen LogP contribution in [0.15, 0.2) is 158 Å². The predicted molar refractivity (Wildman–Crippen MR) is 211 cm³/mol. The summed E-state index contributed by atoms with van der Waals surface area (Å²) in [5.74, 6) is 1.90. The van der Waals surface area contributed by atoms with Gasteiger partial charge in [-0.3, -0.25) is 4.57 Å². The Labute approximate surface area is 301 Å². The molecule has 0 unspecified atom stereocenters. The fourth-order valence-corrected chi connectivity index (χ4v) is 8.97. The van der Waals surface area contributed by atoms with Crippen molar-refractivity contribution in [3.8, 4) is 51.0 Å². The van der Waals surface area contributed by atoms with Gasteiger partial charge in [0, 0.05) is 27.5 Å². The Morgan fingerprint density at radius 3 is 1.52 bits per heavy atom. The van der Waals surface area contributed by atoms with Crippen molar-refractivity contribution in [2.75, 3.05) is 0 Å². The zero-order valence-electron chi connectivity index (χ0n) is 28.8. The molecule has 0 atom stereocenters. The molecule has 4 heteroatoms. The lowest BCUT2D eigenvalue weighted by atomic mass is 9.70. The molecule has 2 heterocycles. The number of para-hydroxylation sites is 1. The summed E-state index contributed by atoms with van der Waals surface area (Å²) in [5, 5.41) is 2.34. The van der Waals surface area contributed by atoms with Gasteiger partial charge >= 0.3 is 0 Å². The molecule has 1 spiro atoms. The van der Waals surface area contributed by atoms with Gasteiger partial charge < -0.3 is 0 Å². The van der Waals surface area contributed by atoms with Crippen LogP contribution in [-0.2, 0) is 5.41 Å². The van der Waals surface area contributed by atoms with Gasteiger partial charge in [-0.05, 0) is 58.9 Å². The van der Waals surface area contributed by atoms with Crippen molar-refractivity contribution in [3.05, 3.63) is 191 Å². The van der Waals surface area contributed by atoms with Gasteiger partial charge in [-0.1, -0.05) is 163 Å². The lowest BCUT2D eigenvalue weighted by molar-refractivity contribution is 0.794. The van der Waals surface area contributed by atoms with Crippen molar-refractivity contribution >= 4 is 21.8 Å². The first-order chi connectivity index (χ1) is 25.6. The van der Waals surface area contributed by atoms with Crippen LogP contribution in [0.2, 0.25) is 0 Å². The highest BCUT2D eigenvalue weighted by molar-refractivity contribution is 6.16. The summed E-state index contributed by atoms with van der Waals surface area (Å²) in [4.78, 5) is 15.7. The largest absolute Gasteiger partial charge is 0.277 e. The molecule has 244 valence electrons. The molecule has 0 radical (unpaired) electrons. The van der Waals surface area contributed by atoms with Crippen LogP contribution in [-0.4, -0.2) is 19.5 Å². The molecule has 0 aliphatic heterocycles. The lowest BCUT2D eigenvalue weighted by Crippen LogP contribution is -2.25. The summed E-state index contributed by atoms with van der Waals surface area (Å²) in [6.07, 6.45) is 0. The summed E-state index contributed by atoms with van der Waals surface area (Å²) < 4.78 is 2.29. The maximum absolute atomic E-state index is 5.30. The van der Waals surface area contributed by atoms with E-state index in [1.54, 1.807) is 0 Å². The van der Waals surface area contributed by atoms with Crippen LogP contribution < -0.4 is 0 Å². The minimum absolute atomic E-state index is 0.451. The highest BCUT2D eigenvalue weighted by Gasteiger charge is 2.52. The minimum Gasteiger partial charge on any atom is -0.277 e. The van der Waals surface area contributed by atoms with Crippen molar-refractivity contribution in [1.29, 1.82) is 0 Å². The van der Waals surface area contributed by atoms with E-state index >= 15 is 0 Å². The van der Waals surface area contributed by atoms with Crippen LogP contribution in [0, 0.1) is 13.8 Å². The summed E-state index contributed by atoms with van der Waals surface area (Å²) in [7, 11) is 0. The standard InChI is InChI=1S/C48H32N4/c1-29-19-23-31(24-20-29)45-49-46(32-25-21-30(2)22-26-32)51-47(50-45)52-42-18-10-6-13-35(42)36-27-28-41-43(44(36)52)37-14-5-9-17-40(37)48(41)38-15-7-3-11-33(38)34-12-4-8-16-39(34)48/h3-28H,1-2H3. The summed E-state index contributed by atoms with van der Waals surface area (Å²) in [6, 6.07) is 57.2. The van der Waals surface area contributed by atoms with Gasteiger partial charge in [-0.2, -0.15) is 9.97 Å². The molecular formula is C48H32N4.